The van der Waals surface area contributed by atoms with Gasteiger partial charge in [0.1, 0.15) is 5.41 Å². The standard InChI is InChI=1S/C12H18N2O3/c1-4-6-7-12(8(3)5-2)9(15)13-11(17)14-10(12)16/h5,8H,2,4,6-7H2,1,3H3,(H2,13,14,15,16,17). The molecule has 5 heteroatoms. The molecule has 0 radical (unpaired) electrons. The van der Waals surface area contributed by atoms with Gasteiger partial charge in [-0.3, -0.25) is 20.2 Å². The third-order valence-corrected chi connectivity index (χ3v) is 3.32. The molecule has 4 amide bonds. The molecule has 1 aliphatic heterocycles. The fraction of sp³-hybridized carbons (Fsp3) is 0.583. The second-order valence-electron chi connectivity index (χ2n) is 4.34. The quantitative estimate of drug-likeness (QED) is 0.560. The molecule has 5 nitrogen and oxygen atoms in total. The highest BCUT2D eigenvalue weighted by atomic mass is 16.2. The van der Waals surface area contributed by atoms with Crippen LogP contribution >= 0.6 is 0 Å². The number of carbonyl (C=O) groups excluding carboxylic acids is 3. The lowest BCUT2D eigenvalue weighted by molar-refractivity contribution is -0.147. The predicted molar refractivity (Wildman–Crippen MR) is 63.0 cm³/mol. The van der Waals surface area contributed by atoms with E-state index in [9.17, 15) is 14.4 Å². The molecule has 1 aliphatic rings. The molecule has 1 fully saturated rings. The Balaban J connectivity index is 3.10. The van der Waals surface area contributed by atoms with E-state index < -0.39 is 23.3 Å². The smallest absolute Gasteiger partial charge is 0.277 e. The van der Waals surface area contributed by atoms with Crippen molar-refractivity contribution in [2.75, 3.05) is 0 Å². The van der Waals surface area contributed by atoms with Crippen LogP contribution in [0.3, 0.4) is 0 Å². The number of unbranched alkanes of at least 4 members (excludes halogenated alkanes) is 1. The maximum Gasteiger partial charge on any atom is 0.328 e. The van der Waals surface area contributed by atoms with E-state index in [2.05, 4.69) is 17.2 Å². The van der Waals surface area contributed by atoms with Crippen molar-refractivity contribution < 1.29 is 14.4 Å². The molecule has 0 aromatic rings. The number of imide groups is 2. The van der Waals surface area contributed by atoms with Crippen molar-refractivity contribution in [3.63, 3.8) is 0 Å². The molecular formula is C12H18N2O3. The first kappa shape index (κ1) is 13.4. The Morgan fingerprint density at radius 1 is 1.29 bits per heavy atom. The number of allylic oxidation sites excluding steroid dienone is 1. The molecule has 1 saturated heterocycles. The maximum atomic E-state index is 12.0. The molecule has 94 valence electrons. The highest BCUT2D eigenvalue weighted by Crippen LogP contribution is 2.36. The van der Waals surface area contributed by atoms with E-state index in [4.69, 9.17) is 0 Å². The normalized spacial score (nSPS) is 20.5. The zero-order valence-corrected chi connectivity index (χ0v) is 10.2. The van der Waals surface area contributed by atoms with Crippen molar-refractivity contribution in [3.05, 3.63) is 12.7 Å². The second kappa shape index (κ2) is 5.12. The van der Waals surface area contributed by atoms with E-state index in [1.807, 2.05) is 6.92 Å². The molecule has 1 unspecified atom stereocenters. The summed E-state index contributed by atoms with van der Waals surface area (Å²) in [5, 5.41) is 4.33. The molecule has 17 heavy (non-hydrogen) atoms. The van der Waals surface area contributed by atoms with Crippen LogP contribution in [0.25, 0.3) is 0 Å². The predicted octanol–water partition coefficient (Wildman–Crippen LogP) is 1.35. The van der Waals surface area contributed by atoms with Crippen LogP contribution in [0.1, 0.15) is 33.1 Å². The Hall–Kier alpha value is -1.65. The van der Waals surface area contributed by atoms with Gasteiger partial charge in [-0.2, -0.15) is 0 Å². The number of carbonyl (C=O) groups is 3. The Bertz CT molecular complexity index is 343. The topological polar surface area (TPSA) is 75.3 Å². The van der Waals surface area contributed by atoms with Gasteiger partial charge in [0.05, 0.1) is 0 Å². The number of barbiturate groups is 1. The minimum atomic E-state index is -1.20. The number of amides is 4. The van der Waals surface area contributed by atoms with Crippen LogP contribution in [0.15, 0.2) is 12.7 Å². The zero-order valence-electron chi connectivity index (χ0n) is 10.2. The summed E-state index contributed by atoms with van der Waals surface area (Å²) in [5.74, 6) is -1.36. The number of hydrogen-bond donors (Lipinski definition) is 2. The van der Waals surface area contributed by atoms with Crippen LogP contribution < -0.4 is 10.6 Å². The van der Waals surface area contributed by atoms with Crippen LogP contribution in [0, 0.1) is 11.3 Å². The van der Waals surface area contributed by atoms with Crippen molar-refractivity contribution >= 4 is 17.8 Å². The second-order valence-corrected chi connectivity index (χ2v) is 4.34. The molecule has 1 atom stereocenters. The Morgan fingerprint density at radius 2 is 1.82 bits per heavy atom. The minimum Gasteiger partial charge on any atom is -0.277 e. The molecule has 0 saturated carbocycles. The van der Waals surface area contributed by atoms with E-state index in [0.29, 0.717) is 6.42 Å². The molecule has 0 spiro atoms. The lowest BCUT2D eigenvalue weighted by Crippen LogP contribution is -2.64. The first-order valence-corrected chi connectivity index (χ1v) is 5.78. The van der Waals surface area contributed by atoms with Gasteiger partial charge in [-0.05, 0) is 12.3 Å². The van der Waals surface area contributed by atoms with Crippen LogP contribution in [0.5, 0.6) is 0 Å². The molecule has 0 aliphatic carbocycles. The van der Waals surface area contributed by atoms with Crippen LogP contribution in [0.4, 0.5) is 4.79 Å². The van der Waals surface area contributed by atoms with E-state index >= 15 is 0 Å². The summed E-state index contributed by atoms with van der Waals surface area (Å²) in [4.78, 5) is 35.1. The summed E-state index contributed by atoms with van der Waals surface area (Å²) >= 11 is 0. The molecule has 2 N–H and O–H groups in total. The largest absolute Gasteiger partial charge is 0.328 e. The monoisotopic (exact) mass is 238 g/mol. The van der Waals surface area contributed by atoms with Gasteiger partial charge in [-0.25, -0.2) is 4.79 Å². The first-order valence-electron chi connectivity index (χ1n) is 5.78. The van der Waals surface area contributed by atoms with Crippen molar-refractivity contribution in [2.24, 2.45) is 11.3 Å². The molecule has 1 rings (SSSR count). The van der Waals surface area contributed by atoms with Crippen LogP contribution in [-0.4, -0.2) is 17.8 Å². The summed E-state index contributed by atoms with van der Waals surface area (Å²) in [6, 6.07) is -0.747. The van der Waals surface area contributed by atoms with Gasteiger partial charge < -0.3 is 0 Å². The van der Waals surface area contributed by atoms with Crippen LogP contribution in [-0.2, 0) is 9.59 Å². The third kappa shape index (κ3) is 2.23. The Kier molecular flexibility index (Phi) is 4.04. The maximum absolute atomic E-state index is 12.0. The van der Waals surface area contributed by atoms with E-state index in [1.165, 1.54) is 0 Å². The highest BCUT2D eigenvalue weighted by Gasteiger charge is 2.52. The van der Waals surface area contributed by atoms with Crippen molar-refractivity contribution in [3.8, 4) is 0 Å². The summed E-state index contributed by atoms with van der Waals surface area (Å²) in [6.07, 6.45) is 3.61. The van der Waals surface area contributed by atoms with Crippen LogP contribution in [0.2, 0.25) is 0 Å². The summed E-state index contributed by atoms with van der Waals surface area (Å²) < 4.78 is 0. The van der Waals surface area contributed by atoms with Crippen molar-refractivity contribution in [1.29, 1.82) is 0 Å². The lowest BCUT2D eigenvalue weighted by atomic mass is 9.70. The Morgan fingerprint density at radius 3 is 2.24 bits per heavy atom. The van der Waals surface area contributed by atoms with Gasteiger partial charge in [0.15, 0.2) is 0 Å². The fourth-order valence-electron chi connectivity index (χ4n) is 2.09. The van der Waals surface area contributed by atoms with Gasteiger partial charge in [-0.15, -0.1) is 6.58 Å². The fourth-order valence-corrected chi connectivity index (χ4v) is 2.09. The van der Waals surface area contributed by atoms with Gasteiger partial charge in [0.2, 0.25) is 11.8 Å². The number of rotatable bonds is 5. The number of nitrogens with one attached hydrogen (secondary N) is 2. The summed E-state index contributed by atoms with van der Waals surface area (Å²) in [7, 11) is 0. The minimum absolute atomic E-state index is 0.317. The lowest BCUT2D eigenvalue weighted by Gasteiger charge is -2.37. The summed E-state index contributed by atoms with van der Waals surface area (Å²) in [6.45, 7) is 7.38. The molecule has 1 heterocycles. The first-order chi connectivity index (χ1) is 7.98. The van der Waals surface area contributed by atoms with Gasteiger partial charge in [0, 0.05) is 0 Å². The van der Waals surface area contributed by atoms with Gasteiger partial charge in [-0.1, -0.05) is 32.8 Å². The average Bonchev–Trinajstić information content (AvgIpc) is 2.27. The Labute approximate surface area is 101 Å². The van der Waals surface area contributed by atoms with Crippen molar-refractivity contribution in [1.82, 2.24) is 10.6 Å². The van der Waals surface area contributed by atoms with E-state index in [1.54, 1.807) is 13.0 Å². The summed E-state index contributed by atoms with van der Waals surface area (Å²) in [5.41, 5.74) is -1.20. The highest BCUT2D eigenvalue weighted by molar-refractivity contribution is 6.19. The molecular weight excluding hydrogens is 220 g/mol. The zero-order chi connectivity index (χ0) is 13.1. The number of hydrogen-bond acceptors (Lipinski definition) is 3. The SMILES string of the molecule is C=CC(C)C1(CCCC)C(=O)NC(=O)NC1=O. The van der Waals surface area contributed by atoms with Crippen molar-refractivity contribution in [2.45, 2.75) is 33.1 Å². The molecule has 0 aromatic carbocycles. The van der Waals surface area contributed by atoms with Gasteiger partial charge in [0.25, 0.3) is 0 Å². The van der Waals surface area contributed by atoms with E-state index in [0.717, 1.165) is 12.8 Å². The average molecular weight is 238 g/mol. The molecule has 0 bridgehead atoms. The van der Waals surface area contributed by atoms with Gasteiger partial charge >= 0.3 is 6.03 Å². The third-order valence-electron chi connectivity index (χ3n) is 3.32. The number of urea groups is 1. The van der Waals surface area contributed by atoms with E-state index in [-0.39, 0.29) is 5.92 Å². The molecule has 0 aromatic heterocycles.